The first-order chi connectivity index (χ1) is 12.1. The second-order valence-electron chi connectivity index (χ2n) is 7.06. The van der Waals surface area contributed by atoms with Crippen LogP contribution in [0.15, 0.2) is 12.1 Å². The fraction of sp³-hybridized carbons (Fsp3) is 0.619. The average Bonchev–Trinajstić information content (AvgIpc) is 2.60. The molecule has 4 heteroatoms. The van der Waals surface area contributed by atoms with Crippen LogP contribution in [-0.4, -0.2) is 55.1 Å². The zero-order valence-electron chi connectivity index (χ0n) is 15.5. The average molecular weight is 343 g/mol. The quantitative estimate of drug-likeness (QED) is 0.659. The van der Waals surface area contributed by atoms with Gasteiger partial charge in [0.25, 0.3) is 0 Å². The summed E-state index contributed by atoms with van der Waals surface area (Å²) in [5.41, 5.74) is 3.17. The van der Waals surface area contributed by atoms with Gasteiger partial charge in [0.15, 0.2) is 0 Å². The lowest BCUT2D eigenvalue weighted by Gasteiger charge is -2.46. The van der Waals surface area contributed by atoms with Gasteiger partial charge in [-0.05, 0) is 75.9 Å². The van der Waals surface area contributed by atoms with E-state index in [0.717, 1.165) is 48.4 Å². The second kappa shape index (κ2) is 8.23. The minimum Gasteiger partial charge on any atom is -0.491 e. The van der Waals surface area contributed by atoms with Crippen LogP contribution in [0.5, 0.6) is 5.75 Å². The van der Waals surface area contributed by atoms with E-state index in [4.69, 9.17) is 9.47 Å². The summed E-state index contributed by atoms with van der Waals surface area (Å²) < 4.78 is 11.2. The summed E-state index contributed by atoms with van der Waals surface area (Å²) in [5, 5.41) is 10.5. The molecule has 3 saturated heterocycles. The number of piperidine rings is 3. The van der Waals surface area contributed by atoms with Gasteiger partial charge in [0, 0.05) is 12.2 Å². The van der Waals surface area contributed by atoms with Gasteiger partial charge in [0.1, 0.15) is 12.4 Å². The fourth-order valence-electron chi connectivity index (χ4n) is 3.94. The van der Waals surface area contributed by atoms with Crippen molar-refractivity contribution >= 4 is 0 Å². The zero-order chi connectivity index (χ0) is 17.8. The van der Waals surface area contributed by atoms with E-state index in [9.17, 15) is 5.11 Å². The molecule has 25 heavy (non-hydrogen) atoms. The Hall–Kier alpha value is -1.54. The molecule has 136 valence electrons. The molecule has 2 atom stereocenters. The third kappa shape index (κ3) is 4.17. The van der Waals surface area contributed by atoms with Gasteiger partial charge < -0.3 is 14.6 Å². The number of aryl methyl sites for hydroxylation is 2. The van der Waals surface area contributed by atoms with Crippen LogP contribution in [0.1, 0.15) is 36.5 Å². The highest BCUT2D eigenvalue weighted by Gasteiger charge is 2.40. The second-order valence-corrected chi connectivity index (χ2v) is 7.06. The minimum atomic E-state index is -0.307. The van der Waals surface area contributed by atoms with Crippen LogP contribution in [0.3, 0.4) is 0 Å². The maximum absolute atomic E-state index is 10.5. The zero-order valence-corrected chi connectivity index (χ0v) is 15.5. The van der Waals surface area contributed by atoms with E-state index in [1.807, 2.05) is 6.92 Å². The van der Waals surface area contributed by atoms with Crippen LogP contribution < -0.4 is 4.74 Å². The van der Waals surface area contributed by atoms with E-state index in [2.05, 4.69) is 42.7 Å². The molecular weight excluding hydrogens is 314 g/mol. The molecule has 3 fully saturated rings. The SMILES string of the molecule is CCOCCOc1c(C)cc(C#CC2C(O)C3CCN2CC3)cc1C. The molecular formula is C21H29NO3. The fourth-order valence-corrected chi connectivity index (χ4v) is 3.94. The molecule has 4 rings (SSSR count). The highest BCUT2D eigenvalue weighted by Crippen LogP contribution is 2.32. The van der Waals surface area contributed by atoms with E-state index >= 15 is 0 Å². The summed E-state index contributed by atoms with van der Waals surface area (Å²) in [7, 11) is 0. The molecule has 2 unspecified atom stereocenters. The largest absolute Gasteiger partial charge is 0.491 e. The first-order valence-corrected chi connectivity index (χ1v) is 9.35. The van der Waals surface area contributed by atoms with Gasteiger partial charge in [-0.2, -0.15) is 0 Å². The number of benzene rings is 1. The molecule has 3 heterocycles. The Balaban J connectivity index is 1.70. The number of ether oxygens (including phenoxy) is 2. The molecule has 0 aromatic heterocycles. The van der Waals surface area contributed by atoms with Gasteiger partial charge in [-0.25, -0.2) is 0 Å². The number of aliphatic hydroxyl groups is 1. The number of hydrogen-bond acceptors (Lipinski definition) is 4. The number of aliphatic hydroxyl groups excluding tert-OH is 1. The third-order valence-corrected chi connectivity index (χ3v) is 5.28. The summed E-state index contributed by atoms with van der Waals surface area (Å²) in [6.07, 6.45) is 1.90. The van der Waals surface area contributed by atoms with Crippen LogP contribution in [0, 0.1) is 31.6 Å². The van der Waals surface area contributed by atoms with Gasteiger partial charge >= 0.3 is 0 Å². The van der Waals surface area contributed by atoms with E-state index in [-0.39, 0.29) is 12.1 Å². The Morgan fingerprint density at radius 3 is 2.44 bits per heavy atom. The van der Waals surface area contributed by atoms with Crippen LogP contribution >= 0.6 is 0 Å². The van der Waals surface area contributed by atoms with E-state index < -0.39 is 0 Å². The highest BCUT2D eigenvalue weighted by molar-refractivity contribution is 5.49. The normalized spacial score (nSPS) is 27.7. The van der Waals surface area contributed by atoms with Gasteiger partial charge in [-0.15, -0.1) is 0 Å². The van der Waals surface area contributed by atoms with Crippen molar-refractivity contribution in [2.45, 2.75) is 45.8 Å². The summed E-state index contributed by atoms with van der Waals surface area (Å²) >= 11 is 0. The van der Waals surface area contributed by atoms with Crippen molar-refractivity contribution in [3.8, 4) is 17.6 Å². The summed E-state index contributed by atoms with van der Waals surface area (Å²) in [5.74, 6) is 7.95. The van der Waals surface area contributed by atoms with Gasteiger partial charge in [0.2, 0.25) is 0 Å². The molecule has 0 radical (unpaired) electrons. The minimum absolute atomic E-state index is 0.0183. The lowest BCUT2D eigenvalue weighted by molar-refractivity contribution is -0.0500. The summed E-state index contributed by atoms with van der Waals surface area (Å²) in [6, 6.07) is 4.12. The van der Waals surface area contributed by atoms with Crippen molar-refractivity contribution in [2.75, 3.05) is 32.9 Å². The molecule has 4 nitrogen and oxygen atoms in total. The van der Waals surface area contributed by atoms with E-state index in [1.54, 1.807) is 0 Å². The van der Waals surface area contributed by atoms with Gasteiger partial charge in [-0.1, -0.05) is 11.8 Å². The first-order valence-electron chi connectivity index (χ1n) is 9.35. The Bertz CT molecular complexity index is 628. The lowest BCUT2D eigenvalue weighted by atomic mass is 9.81. The summed E-state index contributed by atoms with van der Waals surface area (Å²) in [6.45, 7) is 10.1. The third-order valence-electron chi connectivity index (χ3n) is 5.28. The van der Waals surface area contributed by atoms with E-state index in [0.29, 0.717) is 25.7 Å². The van der Waals surface area contributed by atoms with Crippen LogP contribution in [0.2, 0.25) is 0 Å². The number of rotatable bonds is 5. The van der Waals surface area contributed by atoms with Crippen LogP contribution in [0.25, 0.3) is 0 Å². The van der Waals surface area contributed by atoms with Gasteiger partial charge in [0.05, 0.1) is 18.8 Å². The van der Waals surface area contributed by atoms with Crippen molar-refractivity contribution < 1.29 is 14.6 Å². The smallest absolute Gasteiger partial charge is 0.125 e. The van der Waals surface area contributed by atoms with Crippen molar-refractivity contribution in [2.24, 2.45) is 5.92 Å². The molecule has 3 aliphatic heterocycles. The number of fused-ring (bicyclic) bond motifs is 3. The number of nitrogens with zero attached hydrogens (tertiary/aromatic N) is 1. The predicted molar refractivity (Wildman–Crippen MR) is 98.9 cm³/mol. The monoisotopic (exact) mass is 343 g/mol. The predicted octanol–water partition coefficient (Wildman–Crippen LogP) is 2.53. The summed E-state index contributed by atoms with van der Waals surface area (Å²) in [4.78, 5) is 2.32. The Morgan fingerprint density at radius 2 is 1.84 bits per heavy atom. The molecule has 1 aromatic carbocycles. The highest BCUT2D eigenvalue weighted by atomic mass is 16.5. The Kier molecular flexibility index (Phi) is 6.01. The molecule has 3 aliphatic rings. The van der Waals surface area contributed by atoms with Crippen LogP contribution in [0.4, 0.5) is 0 Å². The molecule has 0 saturated carbocycles. The van der Waals surface area contributed by atoms with Crippen molar-refractivity contribution in [1.82, 2.24) is 4.90 Å². The van der Waals surface area contributed by atoms with Crippen LogP contribution in [-0.2, 0) is 4.74 Å². The standard InChI is InChI=1S/C21H29NO3/c1-4-24-11-12-25-21-15(2)13-17(14-16(21)3)5-6-19-20(23)18-7-9-22(19)10-8-18/h13-14,18-20,23H,4,7-12H2,1-3H3. The molecule has 1 aromatic rings. The molecule has 0 aliphatic carbocycles. The maximum atomic E-state index is 10.5. The van der Waals surface area contributed by atoms with Crippen molar-refractivity contribution in [1.29, 1.82) is 0 Å². The molecule has 0 spiro atoms. The van der Waals surface area contributed by atoms with Crippen molar-refractivity contribution in [3.63, 3.8) is 0 Å². The number of hydrogen-bond donors (Lipinski definition) is 1. The Labute approximate surface area is 151 Å². The molecule has 1 N–H and O–H groups in total. The Morgan fingerprint density at radius 1 is 1.16 bits per heavy atom. The molecule has 0 amide bonds. The molecule has 2 bridgehead atoms. The maximum Gasteiger partial charge on any atom is 0.125 e. The topological polar surface area (TPSA) is 41.9 Å². The van der Waals surface area contributed by atoms with Crippen molar-refractivity contribution in [3.05, 3.63) is 28.8 Å². The van der Waals surface area contributed by atoms with E-state index in [1.165, 1.54) is 0 Å². The van der Waals surface area contributed by atoms with Gasteiger partial charge in [-0.3, -0.25) is 4.90 Å². The first kappa shape index (κ1) is 18.3. The lowest BCUT2D eigenvalue weighted by Crippen LogP contribution is -2.57.